The third-order valence-electron chi connectivity index (χ3n) is 6.19. The fraction of sp³-hybridized carbons (Fsp3) is 0.385. The Morgan fingerprint density at radius 3 is 2.85 bits per heavy atom. The molecule has 0 aliphatic carbocycles. The average Bonchev–Trinajstić information content (AvgIpc) is 3.45. The summed E-state index contributed by atoms with van der Waals surface area (Å²) >= 11 is 0. The molecule has 1 atom stereocenters. The number of aromatic nitrogens is 4. The van der Waals surface area contributed by atoms with Gasteiger partial charge >= 0.3 is 6.09 Å². The molecule has 1 unspecified atom stereocenters. The summed E-state index contributed by atoms with van der Waals surface area (Å²) in [6.07, 6.45) is 5.02. The molecule has 0 saturated carbocycles. The number of rotatable bonds is 4. The number of likely N-dealkylation sites (N-methyl/N-ethyl adjacent to an activating group) is 1. The Kier molecular flexibility index (Phi) is 5.59. The third-order valence-corrected chi connectivity index (χ3v) is 6.19. The van der Waals surface area contributed by atoms with Crippen molar-refractivity contribution in [2.24, 2.45) is 0 Å². The molecule has 1 aromatic carbocycles. The fourth-order valence-corrected chi connectivity index (χ4v) is 4.39. The van der Waals surface area contributed by atoms with Gasteiger partial charge in [0.2, 0.25) is 0 Å². The van der Waals surface area contributed by atoms with Crippen LogP contribution >= 0.6 is 0 Å². The van der Waals surface area contributed by atoms with Gasteiger partial charge in [-0.15, -0.1) is 5.10 Å². The van der Waals surface area contributed by atoms with Crippen LogP contribution in [0.15, 0.2) is 54.9 Å². The Bertz CT molecular complexity index is 1340. The van der Waals surface area contributed by atoms with Gasteiger partial charge < -0.3 is 14.5 Å². The SMILES string of the molecule is CN(C(=O)OC(C)(C)C)C1CCN(c2ccc3ncc(Cc4ccc5ncccc5c4)n3n2)C1. The van der Waals surface area contributed by atoms with Crippen LogP contribution in [0.4, 0.5) is 10.6 Å². The quantitative estimate of drug-likeness (QED) is 0.454. The fourth-order valence-electron chi connectivity index (χ4n) is 4.39. The zero-order chi connectivity index (χ0) is 23.9. The van der Waals surface area contributed by atoms with E-state index in [0.29, 0.717) is 0 Å². The summed E-state index contributed by atoms with van der Waals surface area (Å²) in [5.74, 6) is 0.884. The van der Waals surface area contributed by atoms with Gasteiger partial charge in [0.15, 0.2) is 5.65 Å². The van der Waals surface area contributed by atoms with Crippen LogP contribution in [0.5, 0.6) is 0 Å². The van der Waals surface area contributed by atoms with Gasteiger partial charge in [0.25, 0.3) is 0 Å². The molecule has 0 spiro atoms. The lowest BCUT2D eigenvalue weighted by molar-refractivity contribution is 0.0238. The van der Waals surface area contributed by atoms with Crippen molar-refractivity contribution in [3.05, 3.63) is 66.1 Å². The number of hydrogen-bond acceptors (Lipinski definition) is 6. The van der Waals surface area contributed by atoms with E-state index in [1.807, 2.05) is 62.9 Å². The van der Waals surface area contributed by atoms with Crippen LogP contribution in [0.1, 0.15) is 38.4 Å². The molecule has 1 aliphatic rings. The lowest BCUT2D eigenvalue weighted by Gasteiger charge is -2.28. The summed E-state index contributed by atoms with van der Waals surface area (Å²) < 4.78 is 7.46. The van der Waals surface area contributed by atoms with E-state index in [9.17, 15) is 4.79 Å². The first-order valence-electron chi connectivity index (χ1n) is 11.6. The van der Waals surface area contributed by atoms with Crippen LogP contribution in [0.25, 0.3) is 16.6 Å². The van der Waals surface area contributed by atoms with Crippen molar-refractivity contribution in [2.45, 2.75) is 45.3 Å². The first kappa shape index (κ1) is 22.1. The van der Waals surface area contributed by atoms with E-state index in [0.717, 1.165) is 54.0 Å². The number of amides is 1. The molecular formula is C26H30N6O2. The van der Waals surface area contributed by atoms with Gasteiger partial charge in [-0.05, 0) is 63.1 Å². The van der Waals surface area contributed by atoms with Crippen molar-refractivity contribution in [3.63, 3.8) is 0 Å². The predicted molar refractivity (Wildman–Crippen MR) is 132 cm³/mol. The number of imidazole rings is 1. The molecule has 8 nitrogen and oxygen atoms in total. The number of nitrogens with zero attached hydrogens (tertiary/aromatic N) is 6. The standard InChI is InChI=1S/C26H30N6O2/c1-26(2,3)34-25(33)30(4)20-11-13-31(17-20)24-10-9-23-28-16-21(32(23)29-24)15-18-7-8-22-19(14-18)6-5-12-27-22/h5-10,12,14,16,20H,11,13,15,17H2,1-4H3. The number of hydrogen-bond donors (Lipinski definition) is 0. The first-order valence-corrected chi connectivity index (χ1v) is 11.6. The normalized spacial score (nSPS) is 16.4. The molecule has 0 bridgehead atoms. The topological polar surface area (TPSA) is 75.9 Å². The minimum atomic E-state index is -0.504. The lowest BCUT2D eigenvalue weighted by atomic mass is 10.1. The van der Waals surface area contributed by atoms with Crippen LogP contribution in [-0.4, -0.2) is 62.4 Å². The van der Waals surface area contributed by atoms with Crippen LogP contribution in [0.3, 0.4) is 0 Å². The van der Waals surface area contributed by atoms with Crippen LogP contribution in [-0.2, 0) is 11.2 Å². The van der Waals surface area contributed by atoms with Gasteiger partial charge in [0, 0.05) is 38.1 Å². The largest absolute Gasteiger partial charge is 0.444 e. The van der Waals surface area contributed by atoms with Crippen molar-refractivity contribution in [1.29, 1.82) is 0 Å². The number of carbonyl (C=O) groups excluding carboxylic acids is 1. The van der Waals surface area contributed by atoms with Gasteiger partial charge in [-0.2, -0.15) is 0 Å². The zero-order valence-electron chi connectivity index (χ0n) is 20.1. The molecule has 3 aromatic heterocycles. The molecule has 5 rings (SSSR count). The second kappa shape index (κ2) is 8.59. The van der Waals surface area contributed by atoms with E-state index >= 15 is 0 Å². The predicted octanol–water partition coefficient (Wildman–Crippen LogP) is 4.31. The maximum atomic E-state index is 12.5. The maximum Gasteiger partial charge on any atom is 0.410 e. The van der Waals surface area contributed by atoms with Gasteiger partial charge in [-0.25, -0.2) is 14.3 Å². The average molecular weight is 459 g/mol. The third kappa shape index (κ3) is 4.53. The summed E-state index contributed by atoms with van der Waals surface area (Å²) in [4.78, 5) is 25.4. The minimum Gasteiger partial charge on any atom is -0.444 e. The molecule has 1 amide bonds. The summed E-state index contributed by atoms with van der Waals surface area (Å²) in [6, 6.07) is 14.5. The highest BCUT2D eigenvalue weighted by atomic mass is 16.6. The van der Waals surface area contributed by atoms with E-state index in [-0.39, 0.29) is 12.1 Å². The number of ether oxygens (including phenoxy) is 1. The molecule has 1 fully saturated rings. The van der Waals surface area contributed by atoms with E-state index in [1.54, 1.807) is 4.90 Å². The lowest BCUT2D eigenvalue weighted by Crippen LogP contribution is -2.42. The monoisotopic (exact) mass is 458 g/mol. The van der Waals surface area contributed by atoms with Crippen molar-refractivity contribution in [1.82, 2.24) is 24.5 Å². The Hall–Kier alpha value is -3.68. The number of carbonyl (C=O) groups is 1. The van der Waals surface area contributed by atoms with Crippen LogP contribution in [0.2, 0.25) is 0 Å². The molecule has 1 aliphatic heterocycles. The molecule has 8 heteroatoms. The Labute approximate surface area is 199 Å². The highest BCUT2D eigenvalue weighted by molar-refractivity contribution is 5.79. The minimum absolute atomic E-state index is 0.0841. The highest BCUT2D eigenvalue weighted by Crippen LogP contribution is 2.24. The van der Waals surface area contributed by atoms with Crippen molar-refractivity contribution in [3.8, 4) is 0 Å². The zero-order valence-corrected chi connectivity index (χ0v) is 20.1. The molecule has 4 aromatic rings. The summed E-state index contributed by atoms with van der Waals surface area (Å²) in [5.41, 5.74) is 3.53. The molecular weight excluding hydrogens is 428 g/mol. The smallest absolute Gasteiger partial charge is 0.410 e. The van der Waals surface area contributed by atoms with E-state index in [2.05, 4.69) is 39.1 Å². The van der Waals surface area contributed by atoms with Gasteiger partial charge in [-0.3, -0.25) is 4.98 Å². The molecule has 0 N–H and O–H groups in total. The van der Waals surface area contributed by atoms with Gasteiger partial charge in [-0.1, -0.05) is 12.1 Å². The Balaban J connectivity index is 1.33. The summed E-state index contributed by atoms with van der Waals surface area (Å²) in [6.45, 7) is 7.21. The van der Waals surface area contributed by atoms with Crippen LogP contribution in [0, 0.1) is 0 Å². The van der Waals surface area contributed by atoms with Crippen molar-refractivity contribution < 1.29 is 9.53 Å². The number of pyridine rings is 1. The van der Waals surface area contributed by atoms with Crippen LogP contribution < -0.4 is 4.90 Å². The van der Waals surface area contributed by atoms with Gasteiger partial charge in [0.05, 0.1) is 23.4 Å². The number of benzene rings is 1. The molecule has 176 valence electrons. The Morgan fingerprint density at radius 2 is 2.03 bits per heavy atom. The highest BCUT2D eigenvalue weighted by Gasteiger charge is 2.31. The second-order valence-corrected chi connectivity index (χ2v) is 9.90. The van der Waals surface area contributed by atoms with Gasteiger partial charge in [0.1, 0.15) is 11.4 Å². The second-order valence-electron chi connectivity index (χ2n) is 9.90. The Morgan fingerprint density at radius 1 is 1.18 bits per heavy atom. The number of anilines is 1. The number of fused-ring (bicyclic) bond motifs is 2. The van der Waals surface area contributed by atoms with Crippen molar-refractivity contribution >= 4 is 28.5 Å². The van der Waals surface area contributed by atoms with E-state index in [4.69, 9.17) is 9.84 Å². The van der Waals surface area contributed by atoms with E-state index < -0.39 is 5.60 Å². The molecule has 0 radical (unpaired) electrons. The van der Waals surface area contributed by atoms with Crippen molar-refractivity contribution in [2.75, 3.05) is 25.0 Å². The molecule has 4 heterocycles. The first-order chi connectivity index (χ1) is 16.3. The maximum absolute atomic E-state index is 12.5. The molecule has 34 heavy (non-hydrogen) atoms. The summed E-state index contributed by atoms with van der Waals surface area (Å²) in [7, 11) is 1.81. The van der Waals surface area contributed by atoms with E-state index in [1.165, 1.54) is 5.56 Å². The summed E-state index contributed by atoms with van der Waals surface area (Å²) in [5, 5.41) is 6.03. The molecule has 1 saturated heterocycles.